The molecule has 0 aliphatic heterocycles. The van der Waals surface area contributed by atoms with Gasteiger partial charge in [-0.2, -0.15) is 0 Å². The number of ether oxygens (including phenoxy) is 1. The zero-order chi connectivity index (χ0) is 14.5. The number of nitrogens with two attached hydrogens (primary N) is 1. The maximum atomic E-state index is 6.04. The minimum atomic E-state index is 0.351. The highest BCUT2D eigenvalue weighted by atomic mass is 16.5. The molecule has 3 nitrogen and oxygen atoms in total. The Kier molecular flexibility index (Phi) is 3.94. The van der Waals surface area contributed by atoms with Gasteiger partial charge in [0.05, 0.1) is 5.69 Å². The second-order valence-corrected chi connectivity index (χ2v) is 4.62. The van der Waals surface area contributed by atoms with Gasteiger partial charge < -0.3 is 10.5 Å². The summed E-state index contributed by atoms with van der Waals surface area (Å²) < 4.78 is 6.04. The van der Waals surface area contributed by atoms with Crippen LogP contribution >= 0.6 is 0 Å². The number of pyridine rings is 1. The van der Waals surface area contributed by atoms with Gasteiger partial charge in [-0.25, -0.2) is 0 Å². The number of hydrogen-bond donors (Lipinski definition) is 1. The highest BCUT2D eigenvalue weighted by molar-refractivity contribution is 5.70. The SMILES string of the molecule is NCc1ncccc1Oc1ccccc1-c1ccccc1. The maximum Gasteiger partial charge on any atom is 0.150 e. The van der Waals surface area contributed by atoms with Crippen LogP contribution in [0.1, 0.15) is 5.69 Å². The summed E-state index contributed by atoms with van der Waals surface area (Å²) in [4.78, 5) is 4.25. The molecule has 0 bridgehead atoms. The topological polar surface area (TPSA) is 48.1 Å². The molecule has 3 aromatic rings. The van der Waals surface area contributed by atoms with Crippen LogP contribution in [0.5, 0.6) is 11.5 Å². The molecule has 0 atom stereocenters. The minimum absolute atomic E-state index is 0.351. The lowest BCUT2D eigenvalue weighted by atomic mass is 10.0. The Labute approximate surface area is 124 Å². The second kappa shape index (κ2) is 6.20. The van der Waals surface area contributed by atoms with Gasteiger partial charge >= 0.3 is 0 Å². The number of hydrogen-bond acceptors (Lipinski definition) is 3. The minimum Gasteiger partial charge on any atom is -0.455 e. The van der Waals surface area contributed by atoms with Gasteiger partial charge in [0.25, 0.3) is 0 Å². The van der Waals surface area contributed by atoms with E-state index in [1.807, 2.05) is 54.6 Å². The molecule has 3 rings (SSSR count). The summed E-state index contributed by atoms with van der Waals surface area (Å²) in [5, 5.41) is 0. The van der Waals surface area contributed by atoms with Crippen molar-refractivity contribution in [3.63, 3.8) is 0 Å². The van der Waals surface area contributed by atoms with Crippen LogP contribution in [-0.2, 0) is 6.54 Å². The standard InChI is InChI=1S/C18H16N2O/c19-13-16-18(11-6-12-20-16)21-17-10-5-4-9-15(17)14-7-2-1-3-8-14/h1-12H,13,19H2. The van der Waals surface area contributed by atoms with E-state index >= 15 is 0 Å². The fourth-order valence-corrected chi connectivity index (χ4v) is 2.20. The van der Waals surface area contributed by atoms with Gasteiger partial charge in [-0.15, -0.1) is 0 Å². The average molecular weight is 276 g/mol. The van der Waals surface area contributed by atoms with Gasteiger partial charge in [0, 0.05) is 18.3 Å². The Morgan fingerprint density at radius 3 is 2.33 bits per heavy atom. The molecule has 2 aromatic carbocycles. The van der Waals surface area contributed by atoms with Crippen LogP contribution in [0.2, 0.25) is 0 Å². The molecular formula is C18H16N2O. The van der Waals surface area contributed by atoms with E-state index in [2.05, 4.69) is 17.1 Å². The first-order valence-electron chi connectivity index (χ1n) is 6.85. The molecule has 0 aliphatic rings. The van der Waals surface area contributed by atoms with Crippen molar-refractivity contribution in [2.45, 2.75) is 6.54 Å². The van der Waals surface area contributed by atoms with Crippen molar-refractivity contribution in [2.75, 3.05) is 0 Å². The van der Waals surface area contributed by atoms with Gasteiger partial charge in [0.15, 0.2) is 0 Å². The number of aromatic nitrogens is 1. The Morgan fingerprint density at radius 1 is 0.810 bits per heavy atom. The number of benzene rings is 2. The van der Waals surface area contributed by atoms with Gasteiger partial charge in [-0.3, -0.25) is 4.98 Å². The second-order valence-electron chi connectivity index (χ2n) is 4.62. The first-order valence-corrected chi connectivity index (χ1v) is 6.85. The normalized spacial score (nSPS) is 10.3. The zero-order valence-electron chi connectivity index (χ0n) is 11.6. The summed E-state index contributed by atoms with van der Waals surface area (Å²) in [6, 6.07) is 21.9. The van der Waals surface area contributed by atoms with E-state index in [0.717, 1.165) is 22.6 Å². The summed E-state index contributed by atoms with van der Waals surface area (Å²) in [5.74, 6) is 1.50. The number of rotatable bonds is 4. The van der Waals surface area contributed by atoms with Crippen molar-refractivity contribution in [1.29, 1.82) is 0 Å². The van der Waals surface area contributed by atoms with Crippen LogP contribution in [0, 0.1) is 0 Å². The third kappa shape index (κ3) is 2.93. The summed E-state index contributed by atoms with van der Waals surface area (Å²) in [6.07, 6.45) is 1.72. The predicted octanol–water partition coefficient (Wildman–Crippen LogP) is 4.00. The smallest absolute Gasteiger partial charge is 0.150 e. The van der Waals surface area contributed by atoms with Crippen molar-refractivity contribution < 1.29 is 4.74 Å². The van der Waals surface area contributed by atoms with Crippen molar-refractivity contribution in [3.8, 4) is 22.6 Å². The largest absolute Gasteiger partial charge is 0.455 e. The van der Waals surface area contributed by atoms with Gasteiger partial charge in [-0.05, 0) is 23.8 Å². The molecule has 0 spiro atoms. The Balaban J connectivity index is 2.00. The summed E-state index contributed by atoms with van der Waals surface area (Å²) in [6.45, 7) is 0.351. The van der Waals surface area contributed by atoms with Crippen LogP contribution in [0.4, 0.5) is 0 Å². The van der Waals surface area contributed by atoms with Gasteiger partial charge in [0.2, 0.25) is 0 Å². The van der Waals surface area contributed by atoms with Gasteiger partial charge in [0.1, 0.15) is 11.5 Å². The molecule has 104 valence electrons. The monoisotopic (exact) mass is 276 g/mol. The quantitative estimate of drug-likeness (QED) is 0.783. The third-order valence-electron chi connectivity index (χ3n) is 3.23. The van der Waals surface area contributed by atoms with Crippen LogP contribution in [0.25, 0.3) is 11.1 Å². The van der Waals surface area contributed by atoms with E-state index in [0.29, 0.717) is 12.3 Å². The Hall–Kier alpha value is -2.65. The summed E-state index contributed by atoms with van der Waals surface area (Å²) >= 11 is 0. The summed E-state index contributed by atoms with van der Waals surface area (Å²) in [7, 11) is 0. The van der Waals surface area contributed by atoms with E-state index in [9.17, 15) is 0 Å². The summed E-state index contributed by atoms with van der Waals surface area (Å²) in [5.41, 5.74) is 8.62. The lowest BCUT2D eigenvalue weighted by Gasteiger charge is -2.13. The molecule has 2 N–H and O–H groups in total. The first-order chi connectivity index (χ1) is 10.4. The maximum absolute atomic E-state index is 6.04. The molecule has 0 amide bonds. The zero-order valence-corrected chi connectivity index (χ0v) is 11.6. The van der Waals surface area contributed by atoms with E-state index in [-0.39, 0.29) is 0 Å². The van der Waals surface area contributed by atoms with Crippen LogP contribution in [0.3, 0.4) is 0 Å². The molecule has 0 aliphatic carbocycles. The highest BCUT2D eigenvalue weighted by Gasteiger charge is 2.09. The molecule has 0 fully saturated rings. The first kappa shape index (κ1) is 13.3. The van der Waals surface area contributed by atoms with Crippen molar-refractivity contribution in [3.05, 3.63) is 78.6 Å². The molecule has 0 unspecified atom stereocenters. The van der Waals surface area contributed by atoms with Crippen LogP contribution < -0.4 is 10.5 Å². The van der Waals surface area contributed by atoms with E-state index < -0.39 is 0 Å². The lowest BCUT2D eigenvalue weighted by molar-refractivity contribution is 0.474. The molecule has 0 radical (unpaired) electrons. The fraction of sp³-hybridized carbons (Fsp3) is 0.0556. The fourth-order valence-electron chi connectivity index (χ4n) is 2.20. The Bertz CT molecular complexity index is 726. The number of para-hydroxylation sites is 1. The van der Waals surface area contributed by atoms with E-state index in [1.54, 1.807) is 6.20 Å². The molecule has 1 aromatic heterocycles. The third-order valence-corrected chi connectivity index (χ3v) is 3.23. The van der Waals surface area contributed by atoms with E-state index in [4.69, 9.17) is 10.5 Å². The molecule has 21 heavy (non-hydrogen) atoms. The predicted molar refractivity (Wildman–Crippen MR) is 84.1 cm³/mol. The average Bonchev–Trinajstić information content (AvgIpc) is 2.57. The molecule has 0 saturated heterocycles. The van der Waals surface area contributed by atoms with Crippen LogP contribution in [0.15, 0.2) is 72.9 Å². The van der Waals surface area contributed by atoms with Crippen molar-refractivity contribution in [1.82, 2.24) is 4.98 Å². The lowest BCUT2D eigenvalue weighted by Crippen LogP contribution is -2.02. The Morgan fingerprint density at radius 2 is 1.52 bits per heavy atom. The molecule has 0 saturated carbocycles. The highest BCUT2D eigenvalue weighted by Crippen LogP contribution is 2.33. The van der Waals surface area contributed by atoms with Crippen molar-refractivity contribution in [2.24, 2.45) is 5.73 Å². The van der Waals surface area contributed by atoms with Crippen molar-refractivity contribution >= 4 is 0 Å². The van der Waals surface area contributed by atoms with E-state index in [1.165, 1.54) is 0 Å². The molecule has 3 heteroatoms. The van der Waals surface area contributed by atoms with Gasteiger partial charge in [-0.1, -0.05) is 48.5 Å². The van der Waals surface area contributed by atoms with Crippen LogP contribution in [-0.4, -0.2) is 4.98 Å². The molecular weight excluding hydrogens is 260 g/mol. The number of nitrogens with zero attached hydrogens (tertiary/aromatic N) is 1. The molecule has 1 heterocycles.